The number of carbonyl (C=O) groups excluding carboxylic acids is 2. The molecule has 9 nitrogen and oxygen atoms in total. The standard InChI is InChI=1S/C44H51N7O2/c1-43(2)34-21-14-16-23-36(34)49(5)39(43)25-11-7-12-26-40-44(3,4)35-22-15-17-24-37(35)50(40)28-18-8-13-27-41(52)46-30-33-31-51(48-47-33)38(42(45)53)29-32-19-9-6-10-20-32/h6-7,9-12,14-17,19-26,31,38H,8,13,18,27-30H2,1-5H3,(H2-,45,46,52,53)/p+1/t38-/m0/s1. The van der Waals surface area contributed by atoms with Crippen LogP contribution in [0.25, 0.3) is 0 Å². The maximum Gasteiger partial charge on any atom is 0.242 e. The molecule has 3 heterocycles. The largest absolute Gasteiger partial charge is 0.368 e. The Morgan fingerprint density at radius 1 is 0.868 bits per heavy atom. The van der Waals surface area contributed by atoms with Gasteiger partial charge in [0.15, 0.2) is 5.71 Å². The van der Waals surface area contributed by atoms with Crippen LogP contribution in [0.5, 0.6) is 0 Å². The van der Waals surface area contributed by atoms with E-state index in [4.69, 9.17) is 5.73 Å². The summed E-state index contributed by atoms with van der Waals surface area (Å²) in [4.78, 5) is 27.2. The first kappa shape index (κ1) is 37.2. The molecule has 0 radical (unpaired) electrons. The molecule has 53 heavy (non-hydrogen) atoms. The molecule has 0 saturated carbocycles. The van der Waals surface area contributed by atoms with Gasteiger partial charge in [-0.3, -0.25) is 9.59 Å². The highest BCUT2D eigenvalue weighted by atomic mass is 16.2. The number of carbonyl (C=O) groups is 2. The number of aromatic nitrogens is 3. The number of benzene rings is 3. The Labute approximate surface area is 313 Å². The summed E-state index contributed by atoms with van der Waals surface area (Å²) >= 11 is 0. The van der Waals surface area contributed by atoms with Gasteiger partial charge in [0.05, 0.1) is 18.2 Å². The van der Waals surface area contributed by atoms with Gasteiger partial charge in [0.1, 0.15) is 18.3 Å². The Hall–Kier alpha value is -5.57. The van der Waals surface area contributed by atoms with Crippen LogP contribution in [0.4, 0.5) is 11.4 Å². The van der Waals surface area contributed by atoms with Crippen molar-refractivity contribution in [1.29, 1.82) is 0 Å². The van der Waals surface area contributed by atoms with E-state index in [0.717, 1.165) is 31.4 Å². The Bertz CT molecular complexity index is 2070. The van der Waals surface area contributed by atoms with Crippen LogP contribution < -0.4 is 16.0 Å². The molecule has 9 heteroatoms. The highest BCUT2D eigenvalue weighted by Gasteiger charge is 2.43. The topological polar surface area (TPSA) is 109 Å². The molecule has 2 aliphatic rings. The minimum Gasteiger partial charge on any atom is -0.368 e. The first-order chi connectivity index (χ1) is 25.5. The van der Waals surface area contributed by atoms with Crippen LogP contribution in [-0.4, -0.2) is 50.7 Å². The number of nitrogens with zero attached hydrogens (tertiary/aromatic N) is 5. The third-order valence-electron chi connectivity index (χ3n) is 10.7. The Morgan fingerprint density at radius 2 is 1.58 bits per heavy atom. The maximum atomic E-state index is 12.7. The van der Waals surface area contributed by atoms with Crippen molar-refractivity contribution in [1.82, 2.24) is 20.3 Å². The van der Waals surface area contributed by atoms with E-state index in [1.807, 2.05) is 30.3 Å². The summed E-state index contributed by atoms with van der Waals surface area (Å²) in [6.45, 7) is 10.3. The van der Waals surface area contributed by atoms with Crippen molar-refractivity contribution in [2.75, 3.05) is 18.5 Å². The number of amides is 2. The van der Waals surface area contributed by atoms with Gasteiger partial charge in [-0.25, -0.2) is 4.68 Å². The molecule has 1 atom stereocenters. The second-order valence-electron chi connectivity index (χ2n) is 15.1. The van der Waals surface area contributed by atoms with E-state index in [1.165, 1.54) is 38.6 Å². The van der Waals surface area contributed by atoms with E-state index in [0.29, 0.717) is 18.5 Å². The summed E-state index contributed by atoms with van der Waals surface area (Å²) in [6, 6.07) is 26.3. The molecule has 1 aromatic heterocycles. The number of primary amides is 1. The summed E-state index contributed by atoms with van der Waals surface area (Å²) in [6.07, 6.45) is 16.1. The van der Waals surface area contributed by atoms with Gasteiger partial charge in [0.25, 0.3) is 0 Å². The SMILES string of the molecule is CN1/C(=C/C=C/C=C/C2=[N+](CCCCCC(=O)NCc3cn([C@@H](Cc4ccccc4)C(N)=O)nn3)c3ccccc3C2(C)C)C(C)(C)c2ccccc21. The van der Waals surface area contributed by atoms with Gasteiger partial charge >= 0.3 is 0 Å². The fraction of sp³-hybridized carbons (Fsp3) is 0.341. The van der Waals surface area contributed by atoms with E-state index in [9.17, 15) is 9.59 Å². The van der Waals surface area contributed by atoms with Gasteiger partial charge in [-0.1, -0.05) is 104 Å². The van der Waals surface area contributed by atoms with Gasteiger partial charge < -0.3 is 16.0 Å². The molecule has 0 aliphatic carbocycles. The number of fused-ring (bicyclic) bond motifs is 2. The number of nitrogens with two attached hydrogens (primary N) is 1. The molecule has 274 valence electrons. The van der Waals surface area contributed by atoms with Crippen LogP contribution in [0.3, 0.4) is 0 Å². The number of likely N-dealkylation sites (N-methyl/N-ethyl adjacent to an activating group) is 1. The number of allylic oxidation sites excluding steroid dienone is 6. The van der Waals surface area contributed by atoms with Crippen molar-refractivity contribution < 1.29 is 14.2 Å². The molecule has 3 aromatic carbocycles. The zero-order valence-corrected chi connectivity index (χ0v) is 31.6. The molecule has 6 rings (SSSR count). The van der Waals surface area contributed by atoms with Crippen LogP contribution >= 0.6 is 0 Å². The Kier molecular flexibility index (Phi) is 11.2. The quantitative estimate of drug-likeness (QED) is 0.0770. The summed E-state index contributed by atoms with van der Waals surface area (Å²) in [7, 11) is 2.15. The zero-order chi connectivity index (χ0) is 37.6. The van der Waals surface area contributed by atoms with Crippen molar-refractivity contribution in [3.63, 3.8) is 0 Å². The second kappa shape index (κ2) is 16.0. The van der Waals surface area contributed by atoms with E-state index in [1.54, 1.807) is 6.20 Å². The van der Waals surface area contributed by atoms with E-state index < -0.39 is 11.9 Å². The molecule has 0 fully saturated rings. The third-order valence-corrected chi connectivity index (χ3v) is 10.7. The summed E-state index contributed by atoms with van der Waals surface area (Å²) in [5.74, 6) is -0.513. The molecular weight excluding hydrogens is 659 g/mol. The van der Waals surface area contributed by atoms with Crippen molar-refractivity contribution in [2.24, 2.45) is 5.73 Å². The van der Waals surface area contributed by atoms with Gasteiger partial charge in [-0.15, -0.1) is 5.10 Å². The Balaban J connectivity index is 1.02. The lowest BCUT2D eigenvalue weighted by Gasteiger charge is -2.23. The highest BCUT2D eigenvalue weighted by molar-refractivity contribution is 6.03. The molecule has 2 amide bonds. The van der Waals surface area contributed by atoms with Crippen LogP contribution in [-0.2, 0) is 33.4 Å². The predicted molar refractivity (Wildman–Crippen MR) is 212 cm³/mol. The monoisotopic (exact) mass is 710 g/mol. The van der Waals surface area contributed by atoms with Crippen LogP contribution in [0.2, 0.25) is 0 Å². The number of rotatable bonds is 15. The van der Waals surface area contributed by atoms with Crippen molar-refractivity contribution in [2.45, 2.75) is 83.2 Å². The molecule has 4 aromatic rings. The normalized spacial score (nSPS) is 17.2. The first-order valence-electron chi connectivity index (χ1n) is 18.6. The first-order valence-corrected chi connectivity index (χ1v) is 18.6. The smallest absolute Gasteiger partial charge is 0.242 e. The summed E-state index contributed by atoms with van der Waals surface area (Å²) in [5.41, 5.74) is 14.8. The van der Waals surface area contributed by atoms with E-state index in [-0.39, 0.29) is 23.3 Å². The lowest BCUT2D eigenvalue weighted by atomic mass is 9.81. The van der Waals surface area contributed by atoms with Crippen LogP contribution in [0.1, 0.15) is 81.8 Å². The number of para-hydroxylation sites is 2. The summed E-state index contributed by atoms with van der Waals surface area (Å²) in [5, 5.41) is 11.2. The number of hydrogen-bond acceptors (Lipinski definition) is 5. The predicted octanol–water partition coefficient (Wildman–Crippen LogP) is 7.22. The fourth-order valence-corrected chi connectivity index (χ4v) is 7.76. The molecule has 3 N–H and O–H groups in total. The molecular formula is C44H52N7O2+. The summed E-state index contributed by atoms with van der Waals surface area (Å²) < 4.78 is 3.93. The van der Waals surface area contributed by atoms with E-state index >= 15 is 0 Å². The van der Waals surface area contributed by atoms with Crippen molar-refractivity contribution in [3.05, 3.63) is 144 Å². The van der Waals surface area contributed by atoms with Crippen LogP contribution in [0, 0.1) is 0 Å². The van der Waals surface area contributed by atoms with Crippen LogP contribution in [0.15, 0.2) is 121 Å². The van der Waals surface area contributed by atoms with Gasteiger partial charge in [-0.2, -0.15) is 4.58 Å². The highest BCUT2D eigenvalue weighted by Crippen LogP contribution is 2.46. The van der Waals surface area contributed by atoms with Crippen molar-refractivity contribution >= 4 is 28.9 Å². The Morgan fingerprint density at radius 3 is 2.34 bits per heavy atom. The minimum absolute atomic E-state index is 0.0315. The lowest BCUT2D eigenvalue weighted by Crippen LogP contribution is -2.28. The fourth-order valence-electron chi connectivity index (χ4n) is 7.76. The van der Waals surface area contributed by atoms with Crippen molar-refractivity contribution in [3.8, 4) is 0 Å². The maximum absolute atomic E-state index is 12.7. The van der Waals surface area contributed by atoms with Gasteiger partial charge in [0.2, 0.25) is 17.5 Å². The number of nitrogens with one attached hydrogen (secondary N) is 1. The third kappa shape index (κ3) is 8.09. The molecule has 2 aliphatic heterocycles. The number of unbranched alkanes of at least 4 members (excludes halogenated alkanes) is 2. The molecule has 0 bridgehead atoms. The average Bonchev–Trinajstić information content (AvgIpc) is 3.76. The lowest BCUT2D eigenvalue weighted by molar-refractivity contribution is -0.438. The second-order valence-corrected chi connectivity index (χ2v) is 15.1. The van der Waals surface area contributed by atoms with Gasteiger partial charge in [0, 0.05) is 60.8 Å². The average molecular weight is 711 g/mol. The molecule has 0 unspecified atom stereocenters. The van der Waals surface area contributed by atoms with E-state index in [2.05, 4.69) is 139 Å². The zero-order valence-electron chi connectivity index (χ0n) is 31.6. The molecule has 0 spiro atoms. The number of anilines is 1. The number of hydrogen-bond donors (Lipinski definition) is 2. The molecule has 0 saturated heterocycles. The van der Waals surface area contributed by atoms with Gasteiger partial charge in [-0.05, 0) is 50.0 Å². The minimum atomic E-state index is -0.652.